The first-order valence-corrected chi connectivity index (χ1v) is 4.50. The summed E-state index contributed by atoms with van der Waals surface area (Å²) in [6.45, 7) is 13.8. The molecule has 1 aliphatic carbocycles. The van der Waals surface area contributed by atoms with Crippen molar-refractivity contribution in [3.63, 3.8) is 0 Å². The molecule has 0 saturated heterocycles. The van der Waals surface area contributed by atoms with E-state index in [1.165, 1.54) is 25.7 Å². The van der Waals surface area contributed by atoms with Crippen molar-refractivity contribution in [3.05, 3.63) is 26.3 Å². The third-order valence-corrected chi connectivity index (χ3v) is 1.000. The Labute approximate surface area is 154 Å². The largest absolute Gasteiger partial charge is 2.00 e. The van der Waals surface area contributed by atoms with Crippen LogP contribution in [0.4, 0.5) is 0 Å². The number of hydrogen-bond donors (Lipinski definition) is 0. The Hall–Kier alpha value is 2.81. The van der Waals surface area contributed by atoms with Crippen molar-refractivity contribution in [3.8, 4) is 0 Å². The fourth-order valence-electron chi connectivity index (χ4n) is 0.250. The Kier molecular flexibility index (Phi) is 120. The van der Waals surface area contributed by atoms with Gasteiger partial charge >= 0.3 is 89.1 Å². The van der Waals surface area contributed by atoms with Gasteiger partial charge in [-0.1, -0.05) is 25.7 Å². The molecule has 1 aliphatic rings. The van der Waals surface area contributed by atoms with Crippen LogP contribution in [-0.4, -0.2) is 44.4 Å². The van der Waals surface area contributed by atoms with Crippen LogP contribution < -0.4 is 51.4 Å². The van der Waals surface area contributed by atoms with Crippen LogP contribution in [0.2, 0.25) is 0 Å². The van der Waals surface area contributed by atoms with Gasteiger partial charge in [-0.3, -0.25) is 0 Å². The summed E-state index contributed by atoms with van der Waals surface area (Å²) in [6.07, 6.45) is 6.00. The van der Waals surface area contributed by atoms with Gasteiger partial charge in [-0.25, -0.2) is 0 Å². The van der Waals surface area contributed by atoms with E-state index in [4.69, 9.17) is 0 Å². The summed E-state index contributed by atoms with van der Waals surface area (Å²) in [5, 5.41) is 0. The van der Waals surface area contributed by atoms with Crippen molar-refractivity contribution >= 4 is 47.0 Å². The molecule has 1 fully saturated rings. The summed E-state index contributed by atoms with van der Waals surface area (Å²) in [7, 11) is 2.97. The Morgan fingerprint density at radius 3 is 0.833 bits per heavy atom. The van der Waals surface area contributed by atoms with E-state index in [9.17, 15) is 0 Å². The van der Waals surface area contributed by atoms with Crippen molar-refractivity contribution in [1.29, 1.82) is 0 Å². The van der Waals surface area contributed by atoms with E-state index in [2.05, 4.69) is 35.6 Å². The first kappa shape index (κ1) is 29.3. The van der Waals surface area contributed by atoms with Gasteiger partial charge in [0, 0.05) is 0 Å². The zero-order valence-electron chi connectivity index (χ0n) is 8.86. The van der Waals surface area contributed by atoms with Crippen molar-refractivity contribution < 1.29 is 51.4 Å². The smallest absolute Gasteiger partial charge is 0.562 e. The van der Waals surface area contributed by atoms with Gasteiger partial charge in [-0.05, 0) is 0 Å². The standard InChI is InChI=1S/C4H8.2C2H4.CH4P.Ca.K/c1-2-4-3-1;3*1-2;;/h1-4H2;2*1-2H2;2H,1H3;;/q;;;-1;+2;+1. The van der Waals surface area contributed by atoms with E-state index < -0.39 is 0 Å². The molecule has 0 radical (unpaired) electrons. The second-order valence-electron chi connectivity index (χ2n) is 1.41. The normalized spacial score (nSPS) is 9.17. The van der Waals surface area contributed by atoms with Crippen LogP contribution in [0, 0.1) is 0 Å². The maximum absolute atomic E-state index is 3.00. The minimum Gasteiger partial charge on any atom is -0.562 e. The van der Waals surface area contributed by atoms with E-state index in [1.54, 1.807) is 6.66 Å². The maximum atomic E-state index is 3.00. The quantitative estimate of drug-likeness (QED) is 0.328. The van der Waals surface area contributed by atoms with Crippen molar-refractivity contribution in [2.24, 2.45) is 0 Å². The fourth-order valence-corrected chi connectivity index (χ4v) is 0.250. The summed E-state index contributed by atoms with van der Waals surface area (Å²) in [5.74, 6) is 0. The average molecular weight is 238 g/mol. The van der Waals surface area contributed by atoms with Crippen LogP contribution in [0.5, 0.6) is 0 Å². The van der Waals surface area contributed by atoms with Crippen LogP contribution in [0.25, 0.3) is 0 Å². The first-order chi connectivity index (χ1) is 5.00. The molecule has 3 heteroatoms. The van der Waals surface area contributed by atoms with Crippen LogP contribution >= 0.6 is 9.24 Å². The Bertz CT molecular complexity index is 35.5. The average Bonchev–Trinajstić information content (AvgIpc) is 1.96. The second-order valence-corrected chi connectivity index (χ2v) is 1.41. The van der Waals surface area contributed by atoms with Gasteiger partial charge in [0.15, 0.2) is 0 Å². The molecule has 0 atom stereocenters. The molecule has 0 aliphatic heterocycles. The van der Waals surface area contributed by atoms with Gasteiger partial charge < -0.3 is 9.24 Å². The summed E-state index contributed by atoms with van der Waals surface area (Å²) in [6, 6.07) is 0. The van der Waals surface area contributed by atoms with Gasteiger partial charge in [0.05, 0.1) is 0 Å². The maximum Gasteiger partial charge on any atom is 2.00 e. The van der Waals surface area contributed by atoms with Gasteiger partial charge in [0.25, 0.3) is 0 Å². The zero-order valence-corrected chi connectivity index (χ0v) is 15.2. The van der Waals surface area contributed by atoms with E-state index >= 15 is 0 Å². The molecule has 12 heavy (non-hydrogen) atoms. The minimum absolute atomic E-state index is 0. The van der Waals surface area contributed by atoms with Gasteiger partial charge in [-0.15, -0.1) is 26.3 Å². The molecule has 0 aromatic rings. The summed E-state index contributed by atoms with van der Waals surface area (Å²) < 4.78 is 0. The monoisotopic (exact) mass is 238 g/mol. The third kappa shape index (κ3) is 38.5. The van der Waals surface area contributed by atoms with Crippen LogP contribution in [0.1, 0.15) is 25.7 Å². The van der Waals surface area contributed by atoms with Gasteiger partial charge in [0.2, 0.25) is 0 Å². The van der Waals surface area contributed by atoms with Gasteiger partial charge in [0.1, 0.15) is 0 Å². The molecule has 0 bridgehead atoms. The zero-order chi connectivity index (χ0) is 8.83. The number of rotatable bonds is 0. The molecule has 0 heterocycles. The molecule has 0 spiro atoms. The summed E-state index contributed by atoms with van der Waals surface area (Å²) in [5.41, 5.74) is 0. The Morgan fingerprint density at radius 2 is 0.833 bits per heavy atom. The molecule has 1 rings (SSSR count). The summed E-state index contributed by atoms with van der Waals surface area (Å²) in [4.78, 5) is 0. The molecule has 0 aromatic carbocycles. The van der Waals surface area contributed by atoms with E-state index in [-0.39, 0.29) is 89.1 Å². The van der Waals surface area contributed by atoms with Crippen LogP contribution in [-0.2, 0) is 0 Å². The molecule has 0 aromatic heterocycles. The van der Waals surface area contributed by atoms with Gasteiger partial charge in [-0.2, -0.15) is 6.66 Å². The number of hydrogen-bond acceptors (Lipinski definition) is 0. The van der Waals surface area contributed by atoms with E-state index in [1.807, 2.05) is 0 Å². The molecule has 0 amide bonds. The van der Waals surface area contributed by atoms with Crippen LogP contribution in [0.15, 0.2) is 26.3 Å². The third-order valence-electron chi connectivity index (χ3n) is 1.000. The second kappa shape index (κ2) is 48.9. The molecule has 0 nitrogen and oxygen atoms in total. The predicted octanol–water partition coefficient (Wildman–Crippen LogP) is 0.547. The molecular formula is C9H20CaKP+2. The molecular weight excluding hydrogens is 218 g/mol. The molecule has 0 unspecified atom stereocenters. The SMILES string of the molecule is C1CCC1.C=C.C=C.C[PH-].[Ca+2].[K+]. The first-order valence-electron chi connectivity index (χ1n) is 3.50. The Balaban J connectivity index is -0.0000000187. The minimum atomic E-state index is 0. The van der Waals surface area contributed by atoms with E-state index in [0.717, 1.165) is 0 Å². The van der Waals surface area contributed by atoms with Crippen molar-refractivity contribution in [1.82, 2.24) is 0 Å². The van der Waals surface area contributed by atoms with Crippen LogP contribution in [0.3, 0.4) is 0 Å². The molecule has 62 valence electrons. The fraction of sp³-hybridized carbons (Fsp3) is 0.556. The summed E-state index contributed by atoms with van der Waals surface area (Å²) >= 11 is 0. The van der Waals surface area contributed by atoms with Crippen molar-refractivity contribution in [2.45, 2.75) is 25.7 Å². The topological polar surface area (TPSA) is 0 Å². The predicted molar refractivity (Wildman–Crippen MR) is 61.0 cm³/mol. The molecule has 1 saturated carbocycles. The van der Waals surface area contributed by atoms with Crippen molar-refractivity contribution in [2.75, 3.05) is 6.66 Å². The molecule has 0 N–H and O–H groups in total. The van der Waals surface area contributed by atoms with E-state index in [0.29, 0.717) is 0 Å². The Morgan fingerprint density at radius 1 is 0.750 bits per heavy atom.